The van der Waals surface area contributed by atoms with E-state index in [9.17, 15) is 14.3 Å². The molecule has 0 saturated carbocycles. The summed E-state index contributed by atoms with van der Waals surface area (Å²) in [5, 5.41) is 9.17. The number of carbonyl (C=O) groups is 1. The second kappa shape index (κ2) is 7.31. The Morgan fingerprint density at radius 1 is 1.22 bits per heavy atom. The molecule has 0 radical (unpaired) electrons. The van der Waals surface area contributed by atoms with Crippen LogP contribution < -0.4 is 0 Å². The van der Waals surface area contributed by atoms with E-state index < -0.39 is 17.3 Å². The van der Waals surface area contributed by atoms with Crippen LogP contribution in [0.2, 0.25) is 0 Å². The van der Waals surface area contributed by atoms with Crippen molar-refractivity contribution in [3.8, 4) is 11.4 Å². The molecule has 0 spiro atoms. The summed E-state index contributed by atoms with van der Waals surface area (Å²) in [5.74, 6) is -0.763. The Labute approximate surface area is 135 Å². The molecule has 0 amide bonds. The summed E-state index contributed by atoms with van der Waals surface area (Å²) in [6.45, 7) is 6.57. The molecule has 0 saturated heterocycles. The summed E-state index contributed by atoms with van der Waals surface area (Å²) in [7, 11) is 0. The maximum Gasteiger partial charge on any atom is 0.339 e. The molecule has 0 aliphatic heterocycles. The summed E-state index contributed by atoms with van der Waals surface area (Å²) in [6.07, 6.45) is 5.37. The highest BCUT2D eigenvalue weighted by molar-refractivity contribution is 5.95. The molecule has 5 heteroatoms. The van der Waals surface area contributed by atoms with Crippen molar-refractivity contribution < 1.29 is 14.3 Å². The zero-order valence-electron chi connectivity index (χ0n) is 13.6. The Hall–Kier alpha value is -2.30. The van der Waals surface area contributed by atoms with Crippen molar-refractivity contribution in [2.24, 2.45) is 11.8 Å². The topological polar surface area (TPSA) is 63.1 Å². The maximum atomic E-state index is 13.7. The molecule has 0 fully saturated rings. The summed E-state index contributed by atoms with van der Waals surface area (Å²) >= 11 is 0. The molecule has 1 aromatic heterocycles. The van der Waals surface area contributed by atoms with Crippen LogP contribution in [-0.4, -0.2) is 21.0 Å². The van der Waals surface area contributed by atoms with E-state index in [1.807, 2.05) is 0 Å². The summed E-state index contributed by atoms with van der Waals surface area (Å²) in [6, 6.07) is 4.10. The van der Waals surface area contributed by atoms with E-state index in [0.29, 0.717) is 11.8 Å². The van der Waals surface area contributed by atoms with Crippen LogP contribution in [0.3, 0.4) is 0 Å². The Morgan fingerprint density at radius 3 is 2.43 bits per heavy atom. The fraction of sp³-hybridized carbons (Fsp3) is 0.389. The number of hydrogen-bond acceptors (Lipinski definition) is 3. The molecule has 1 aromatic carbocycles. The van der Waals surface area contributed by atoms with Crippen molar-refractivity contribution >= 4 is 5.97 Å². The van der Waals surface area contributed by atoms with Crippen LogP contribution in [0, 0.1) is 17.7 Å². The second-order valence-electron chi connectivity index (χ2n) is 5.95. The van der Waals surface area contributed by atoms with Gasteiger partial charge in [-0.2, -0.15) is 0 Å². The highest BCUT2D eigenvalue weighted by atomic mass is 19.1. The monoisotopic (exact) mass is 316 g/mol. The first-order valence-corrected chi connectivity index (χ1v) is 7.77. The van der Waals surface area contributed by atoms with Crippen LogP contribution in [-0.2, 0) is 6.42 Å². The van der Waals surface area contributed by atoms with Gasteiger partial charge in [0.15, 0.2) is 5.82 Å². The number of carboxylic acids is 1. The van der Waals surface area contributed by atoms with Crippen molar-refractivity contribution in [1.29, 1.82) is 0 Å². The highest BCUT2D eigenvalue weighted by Gasteiger charge is 2.18. The van der Waals surface area contributed by atoms with Crippen molar-refractivity contribution in [3.05, 3.63) is 47.5 Å². The molecular formula is C18H21FN2O2. The number of halogens is 1. The third-order valence-corrected chi connectivity index (χ3v) is 4.35. The van der Waals surface area contributed by atoms with E-state index >= 15 is 0 Å². The fourth-order valence-corrected chi connectivity index (χ4v) is 2.50. The highest BCUT2D eigenvalue weighted by Crippen LogP contribution is 2.24. The van der Waals surface area contributed by atoms with Gasteiger partial charge in [0, 0.05) is 18.0 Å². The molecule has 2 rings (SSSR count). The maximum absolute atomic E-state index is 13.7. The molecule has 2 atom stereocenters. The Morgan fingerprint density at radius 2 is 1.87 bits per heavy atom. The first-order chi connectivity index (χ1) is 10.9. The molecule has 2 unspecified atom stereocenters. The third kappa shape index (κ3) is 3.92. The lowest BCUT2D eigenvalue weighted by molar-refractivity contribution is 0.0692. The summed E-state index contributed by atoms with van der Waals surface area (Å²) in [5.41, 5.74) is 0.794. The molecule has 0 aliphatic rings. The molecule has 2 aromatic rings. The van der Waals surface area contributed by atoms with Gasteiger partial charge in [0.2, 0.25) is 0 Å². The van der Waals surface area contributed by atoms with Gasteiger partial charge in [-0.1, -0.05) is 39.3 Å². The SMILES string of the molecule is CCC(C)C(C)Cc1cnc(-c2cccc(F)c2C(=O)O)nc1. The predicted octanol–water partition coefficient (Wildman–Crippen LogP) is 4.21. The minimum atomic E-state index is -1.32. The van der Waals surface area contributed by atoms with E-state index in [2.05, 4.69) is 30.7 Å². The van der Waals surface area contributed by atoms with E-state index in [4.69, 9.17) is 0 Å². The molecule has 0 bridgehead atoms. The average Bonchev–Trinajstić information content (AvgIpc) is 2.54. The number of benzene rings is 1. The molecular weight excluding hydrogens is 295 g/mol. The van der Waals surface area contributed by atoms with Gasteiger partial charge in [-0.05, 0) is 29.9 Å². The first kappa shape index (κ1) is 17.1. The number of rotatable bonds is 6. The zero-order valence-corrected chi connectivity index (χ0v) is 13.6. The van der Waals surface area contributed by atoms with E-state index in [-0.39, 0.29) is 11.4 Å². The van der Waals surface area contributed by atoms with Gasteiger partial charge in [-0.25, -0.2) is 19.2 Å². The van der Waals surface area contributed by atoms with Gasteiger partial charge in [-0.3, -0.25) is 0 Å². The standard InChI is InChI=1S/C18H21FN2O2/c1-4-11(2)12(3)8-13-9-20-17(21-10-13)14-6-5-7-15(19)16(14)18(22)23/h5-7,9-12H,4,8H2,1-3H3,(H,22,23). The van der Waals surface area contributed by atoms with Gasteiger partial charge >= 0.3 is 5.97 Å². The van der Waals surface area contributed by atoms with Crippen LogP contribution in [0.5, 0.6) is 0 Å². The van der Waals surface area contributed by atoms with Gasteiger partial charge in [0.25, 0.3) is 0 Å². The van der Waals surface area contributed by atoms with Gasteiger partial charge < -0.3 is 5.11 Å². The van der Waals surface area contributed by atoms with Crippen molar-refractivity contribution in [3.63, 3.8) is 0 Å². The third-order valence-electron chi connectivity index (χ3n) is 4.35. The van der Waals surface area contributed by atoms with Crippen LogP contribution in [0.1, 0.15) is 43.1 Å². The van der Waals surface area contributed by atoms with Crippen LogP contribution in [0.15, 0.2) is 30.6 Å². The van der Waals surface area contributed by atoms with Crippen LogP contribution >= 0.6 is 0 Å². The fourth-order valence-electron chi connectivity index (χ4n) is 2.50. The normalized spacial score (nSPS) is 13.6. The first-order valence-electron chi connectivity index (χ1n) is 7.77. The summed E-state index contributed by atoms with van der Waals surface area (Å²) in [4.78, 5) is 19.7. The molecule has 0 aliphatic carbocycles. The van der Waals surface area contributed by atoms with E-state index in [1.54, 1.807) is 12.4 Å². The number of aromatic nitrogens is 2. The minimum Gasteiger partial charge on any atom is -0.478 e. The molecule has 122 valence electrons. The molecule has 4 nitrogen and oxygen atoms in total. The van der Waals surface area contributed by atoms with Crippen LogP contribution in [0.25, 0.3) is 11.4 Å². The van der Waals surface area contributed by atoms with Crippen LogP contribution in [0.4, 0.5) is 4.39 Å². The smallest absolute Gasteiger partial charge is 0.339 e. The largest absolute Gasteiger partial charge is 0.478 e. The molecule has 1 heterocycles. The van der Waals surface area contributed by atoms with Gasteiger partial charge in [-0.15, -0.1) is 0 Å². The van der Waals surface area contributed by atoms with Gasteiger partial charge in [0.05, 0.1) is 0 Å². The number of aromatic carboxylic acids is 1. The quantitative estimate of drug-likeness (QED) is 0.867. The van der Waals surface area contributed by atoms with E-state index in [1.165, 1.54) is 12.1 Å². The van der Waals surface area contributed by atoms with E-state index in [0.717, 1.165) is 24.5 Å². The lowest BCUT2D eigenvalue weighted by atomic mass is 9.89. The molecule has 1 N–H and O–H groups in total. The average molecular weight is 316 g/mol. The number of nitrogens with zero attached hydrogens (tertiary/aromatic N) is 2. The lowest BCUT2D eigenvalue weighted by Gasteiger charge is -2.17. The number of carboxylic acid groups (broad SMARTS) is 1. The lowest BCUT2D eigenvalue weighted by Crippen LogP contribution is -2.10. The zero-order chi connectivity index (χ0) is 17.0. The summed E-state index contributed by atoms with van der Waals surface area (Å²) < 4.78 is 13.7. The minimum absolute atomic E-state index is 0.194. The Balaban J connectivity index is 2.27. The van der Waals surface area contributed by atoms with Crippen molar-refractivity contribution in [2.45, 2.75) is 33.6 Å². The Kier molecular flexibility index (Phi) is 5.42. The molecule has 23 heavy (non-hydrogen) atoms. The second-order valence-corrected chi connectivity index (χ2v) is 5.95. The number of hydrogen-bond donors (Lipinski definition) is 1. The van der Waals surface area contributed by atoms with Gasteiger partial charge in [0.1, 0.15) is 11.4 Å². The Bertz CT molecular complexity index is 686. The predicted molar refractivity (Wildman–Crippen MR) is 86.7 cm³/mol. The van der Waals surface area contributed by atoms with Crippen molar-refractivity contribution in [2.75, 3.05) is 0 Å². The van der Waals surface area contributed by atoms with Crippen molar-refractivity contribution in [1.82, 2.24) is 9.97 Å².